The zero-order valence-corrected chi connectivity index (χ0v) is 12.7. The molecule has 0 saturated carbocycles. The predicted octanol–water partition coefficient (Wildman–Crippen LogP) is 5.47. The normalized spacial score (nSPS) is 10.7. The summed E-state index contributed by atoms with van der Waals surface area (Å²) in [6.45, 7) is 16.4. The summed E-state index contributed by atoms with van der Waals surface area (Å²) in [5, 5.41) is 3.38. The van der Waals surface area contributed by atoms with Crippen LogP contribution in [0.5, 0.6) is 0 Å². The van der Waals surface area contributed by atoms with Gasteiger partial charge in [0.25, 0.3) is 0 Å². The minimum atomic E-state index is 0.520. The number of hydrogen-bond donors (Lipinski definition) is 1. The van der Waals surface area contributed by atoms with Crippen LogP contribution in [0, 0.1) is 19.8 Å². The fraction of sp³-hybridized carbons (Fsp3) is 0.412. The highest BCUT2D eigenvalue weighted by atomic mass is 14.9. The lowest BCUT2D eigenvalue weighted by atomic mass is 10.1. The first-order valence-electron chi connectivity index (χ1n) is 6.71. The molecule has 0 aromatic heterocycles. The monoisotopic (exact) mass is 245 g/mol. The van der Waals surface area contributed by atoms with Crippen LogP contribution in [0.25, 0.3) is 0 Å². The van der Waals surface area contributed by atoms with Gasteiger partial charge in [-0.25, -0.2) is 0 Å². The Morgan fingerprint density at radius 3 is 2.00 bits per heavy atom. The van der Waals surface area contributed by atoms with Crippen molar-refractivity contribution < 1.29 is 0 Å². The Morgan fingerprint density at radius 1 is 1.11 bits per heavy atom. The quantitative estimate of drug-likeness (QED) is 0.694. The third-order valence-corrected chi connectivity index (χ3v) is 2.24. The second kappa shape index (κ2) is 8.57. The molecule has 0 aliphatic rings. The van der Waals surface area contributed by atoms with Gasteiger partial charge in [0, 0.05) is 11.4 Å². The summed E-state index contributed by atoms with van der Waals surface area (Å²) < 4.78 is 0. The Kier molecular flexibility index (Phi) is 7.86. The van der Waals surface area contributed by atoms with Crippen molar-refractivity contribution in [2.75, 3.05) is 5.32 Å². The van der Waals surface area contributed by atoms with Crippen molar-refractivity contribution >= 4 is 5.69 Å². The topological polar surface area (TPSA) is 12.0 Å². The fourth-order valence-corrected chi connectivity index (χ4v) is 1.73. The summed E-state index contributed by atoms with van der Waals surface area (Å²) >= 11 is 0. The second-order valence-corrected chi connectivity index (χ2v) is 4.57. The van der Waals surface area contributed by atoms with E-state index in [1.165, 1.54) is 11.1 Å². The van der Waals surface area contributed by atoms with E-state index in [0.717, 1.165) is 11.4 Å². The molecule has 1 nitrogen and oxygen atoms in total. The lowest BCUT2D eigenvalue weighted by Gasteiger charge is -2.10. The second-order valence-electron chi connectivity index (χ2n) is 4.57. The van der Waals surface area contributed by atoms with Crippen molar-refractivity contribution in [2.45, 2.75) is 41.5 Å². The van der Waals surface area contributed by atoms with Gasteiger partial charge in [-0.15, -0.1) is 0 Å². The van der Waals surface area contributed by atoms with Gasteiger partial charge in [-0.1, -0.05) is 46.4 Å². The highest BCUT2D eigenvalue weighted by Crippen LogP contribution is 2.16. The number of nitrogens with one attached hydrogen (secondary N) is 1. The standard InChI is InChI=1S/C15H21N.C2H6/c1-6-14(7-11(2)3)16-15-9-12(4)8-13(5)10-15;1-2/h6-11,16H,1H2,2-5H3;1-2H3/b14-7+;. The summed E-state index contributed by atoms with van der Waals surface area (Å²) in [5.41, 5.74) is 4.75. The maximum Gasteiger partial charge on any atom is 0.0389 e. The Balaban J connectivity index is 0.00000137. The van der Waals surface area contributed by atoms with Crippen LogP contribution in [0.2, 0.25) is 0 Å². The Labute approximate surface area is 113 Å². The van der Waals surface area contributed by atoms with Crippen molar-refractivity contribution in [1.29, 1.82) is 0 Å². The molecule has 0 spiro atoms. The zero-order valence-electron chi connectivity index (χ0n) is 12.7. The van der Waals surface area contributed by atoms with Crippen LogP contribution in [0.3, 0.4) is 0 Å². The number of allylic oxidation sites excluding steroid dienone is 2. The molecule has 0 aliphatic heterocycles. The Morgan fingerprint density at radius 2 is 1.61 bits per heavy atom. The Hall–Kier alpha value is -1.50. The van der Waals surface area contributed by atoms with Crippen molar-refractivity contribution in [2.24, 2.45) is 5.92 Å². The SMILES string of the molecule is C=C/C(=C\C(C)C)Nc1cc(C)cc(C)c1.CC. The minimum Gasteiger partial charge on any atom is -0.356 e. The molecule has 0 saturated heterocycles. The van der Waals surface area contributed by atoms with Crippen molar-refractivity contribution in [3.63, 3.8) is 0 Å². The van der Waals surface area contributed by atoms with Gasteiger partial charge in [-0.2, -0.15) is 0 Å². The summed E-state index contributed by atoms with van der Waals surface area (Å²) in [5.74, 6) is 0.520. The number of aryl methyl sites for hydroxylation is 2. The maximum absolute atomic E-state index is 3.82. The molecule has 1 N–H and O–H groups in total. The van der Waals surface area contributed by atoms with Crippen LogP contribution in [0.15, 0.2) is 42.6 Å². The molecule has 0 radical (unpaired) electrons. The summed E-state index contributed by atoms with van der Waals surface area (Å²) in [7, 11) is 0. The molecular weight excluding hydrogens is 218 g/mol. The molecule has 1 rings (SSSR count). The average Bonchev–Trinajstić information content (AvgIpc) is 2.28. The zero-order chi connectivity index (χ0) is 14.1. The van der Waals surface area contributed by atoms with Gasteiger partial charge >= 0.3 is 0 Å². The van der Waals surface area contributed by atoms with Gasteiger partial charge in [0.05, 0.1) is 0 Å². The van der Waals surface area contributed by atoms with E-state index in [1.807, 2.05) is 19.9 Å². The van der Waals surface area contributed by atoms with Gasteiger partial charge in [0.2, 0.25) is 0 Å². The number of benzene rings is 1. The van der Waals surface area contributed by atoms with Gasteiger partial charge in [0.15, 0.2) is 0 Å². The number of hydrogen-bond acceptors (Lipinski definition) is 1. The van der Waals surface area contributed by atoms with Crippen LogP contribution < -0.4 is 5.32 Å². The number of anilines is 1. The molecule has 18 heavy (non-hydrogen) atoms. The van der Waals surface area contributed by atoms with Gasteiger partial charge in [-0.05, 0) is 49.1 Å². The predicted molar refractivity (Wildman–Crippen MR) is 84.0 cm³/mol. The van der Waals surface area contributed by atoms with Crippen molar-refractivity contribution in [1.82, 2.24) is 0 Å². The summed E-state index contributed by atoms with van der Waals surface area (Å²) in [4.78, 5) is 0. The molecule has 0 fully saturated rings. The average molecular weight is 245 g/mol. The van der Waals surface area contributed by atoms with Gasteiger partial charge in [-0.3, -0.25) is 0 Å². The lowest BCUT2D eigenvalue weighted by Crippen LogP contribution is -1.99. The first-order valence-corrected chi connectivity index (χ1v) is 6.71. The Bertz CT molecular complexity index is 380. The van der Waals surface area contributed by atoms with Crippen LogP contribution in [0.4, 0.5) is 5.69 Å². The highest BCUT2D eigenvalue weighted by molar-refractivity contribution is 5.53. The van der Waals surface area contributed by atoms with E-state index in [0.29, 0.717) is 5.92 Å². The molecule has 1 aromatic carbocycles. The summed E-state index contributed by atoms with van der Waals surface area (Å²) in [6, 6.07) is 6.46. The minimum absolute atomic E-state index is 0.520. The third-order valence-electron chi connectivity index (χ3n) is 2.24. The van der Waals surface area contributed by atoms with Crippen LogP contribution in [-0.2, 0) is 0 Å². The smallest absolute Gasteiger partial charge is 0.0389 e. The van der Waals surface area contributed by atoms with Crippen LogP contribution >= 0.6 is 0 Å². The summed E-state index contributed by atoms with van der Waals surface area (Å²) in [6.07, 6.45) is 4.03. The van der Waals surface area contributed by atoms with E-state index in [1.54, 1.807) is 0 Å². The van der Waals surface area contributed by atoms with Gasteiger partial charge in [0.1, 0.15) is 0 Å². The molecule has 1 heteroatoms. The molecule has 1 aromatic rings. The lowest BCUT2D eigenvalue weighted by molar-refractivity contribution is 0.826. The van der Waals surface area contributed by atoms with Crippen molar-refractivity contribution in [3.05, 3.63) is 53.8 Å². The maximum atomic E-state index is 3.82. The molecule has 0 heterocycles. The third kappa shape index (κ3) is 6.29. The molecule has 0 atom stereocenters. The first kappa shape index (κ1) is 16.5. The van der Waals surface area contributed by atoms with Gasteiger partial charge < -0.3 is 5.32 Å². The fourth-order valence-electron chi connectivity index (χ4n) is 1.73. The van der Waals surface area contributed by atoms with E-state index in [-0.39, 0.29) is 0 Å². The molecule has 0 aliphatic carbocycles. The van der Waals surface area contributed by atoms with E-state index in [2.05, 4.69) is 63.9 Å². The first-order chi connectivity index (χ1) is 8.51. The van der Waals surface area contributed by atoms with E-state index in [4.69, 9.17) is 0 Å². The molecule has 100 valence electrons. The van der Waals surface area contributed by atoms with Crippen LogP contribution in [-0.4, -0.2) is 0 Å². The van der Waals surface area contributed by atoms with E-state index in [9.17, 15) is 0 Å². The largest absolute Gasteiger partial charge is 0.356 e. The molecule has 0 unspecified atom stereocenters. The highest BCUT2D eigenvalue weighted by Gasteiger charge is 1.98. The van der Waals surface area contributed by atoms with Crippen LogP contribution in [0.1, 0.15) is 38.8 Å². The number of rotatable bonds is 4. The van der Waals surface area contributed by atoms with Crippen molar-refractivity contribution in [3.8, 4) is 0 Å². The van der Waals surface area contributed by atoms with E-state index >= 15 is 0 Å². The van der Waals surface area contributed by atoms with E-state index < -0.39 is 0 Å². The molecule has 0 bridgehead atoms. The molecule has 0 amide bonds. The molecular formula is C17H27N.